The molecule has 2 aliphatic heterocycles. The minimum Gasteiger partial charge on any atom is -0.481 e. The van der Waals surface area contributed by atoms with Gasteiger partial charge in [-0.2, -0.15) is 0 Å². The Balaban J connectivity index is 1.59. The monoisotopic (exact) mass is 465 g/mol. The van der Waals surface area contributed by atoms with Gasteiger partial charge in [0.1, 0.15) is 0 Å². The largest absolute Gasteiger partial charge is 0.481 e. The lowest BCUT2D eigenvalue weighted by Gasteiger charge is -2.46. The zero-order valence-electron chi connectivity index (χ0n) is 21.3. The van der Waals surface area contributed by atoms with Crippen molar-refractivity contribution in [3.63, 3.8) is 0 Å². The van der Waals surface area contributed by atoms with Crippen molar-refractivity contribution in [1.82, 2.24) is 9.80 Å². The highest BCUT2D eigenvalue weighted by molar-refractivity contribution is 6.05. The van der Waals surface area contributed by atoms with Gasteiger partial charge in [-0.25, -0.2) is 4.99 Å². The number of carbonyl (C=O) groups excluding carboxylic acids is 1. The molecule has 0 radical (unpaired) electrons. The average Bonchev–Trinajstić information content (AvgIpc) is 2.88. The Kier molecular flexibility index (Phi) is 7.89. The van der Waals surface area contributed by atoms with E-state index in [-0.39, 0.29) is 24.1 Å². The molecular weight excluding hydrogens is 426 g/mol. The lowest BCUT2D eigenvalue weighted by Crippen LogP contribution is -2.59. The lowest BCUT2D eigenvalue weighted by atomic mass is 9.85. The van der Waals surface area contributed by atoms with Crippen LogP contribution in [-0.2, 0) is 14.3 Å². The van der Waals surface area contributed by atoms with Crippen LogP contribution >= 0.6 is 0 Å². The highest BCUT2D eigenvalue weighted by Gasteiger charge is 2.37. The molecule has 6 heteroatoms. The molecule has 0 aromatic heterocycles. The van der Waals surface area contributed by atoms with E-state index in [9.17, 15) is 4.79 Å². The number of aliphatic imine (C=N–C) groups is 1. The molecule has 0 bridgehead atoms. The summed E-state index contributed by atoms with van der Waals surface area (Å²) < 4.78 is 11.0. The van der Waals surface area contributed by atoms with E-state index in [1.807, 2.05) is 4.90 Å². The molecule has 6 nitrogen and oxygen atoms in total. The Hall–Kier alpha value is -2.44. The maximum absolute atomic E-state index is 12.5. The van der Waals surface area contributed by atoms with Crippen molar-refractivity contribution < 1.29 is 14.3 Å². The lowest BCUT2D eigenvalue weighted by molar-refractivity contribution is -0.132. The van der Waals surface area contributed by atoms with Crippen LogP contribution in [0.4, 0.5) is 0 Å². The molecule has 0 N–H and O–H groups in total. The van der Waals surface area contributed by atoms with Crippen molar-refractivity contribution in [2.24, 2.45) is 10.9 Å². The van der Waals surface area contributed by atoms with E-state index in [1.54, 1.807) is 21.1 Å². The summed E-state index contributed by atoms with van der Waals surface area (Å²) in [6, 6.07) is 0.234. The number of piperazine rings is 1. The molecule has 3 atom stereocenters. The summed E-state index contributed by atoms with van der Waals surface area (Å²) in [5, 5.41) is 0. The predicted octanol–water partition coefficient (Wildman–Crippen LogP) is 4.42. The van der Waals surface area contributed by atoms with E-state index in [0.717, 1.165) is 51.0 Å². The smallest absolute Gasteiger partial charge is 0.220 e. The highest BCUT2D eigenvalue weighted by Crippen LogP contribution is 2.31. The van der Waals surface area contributed by atoms with Gasteiger partial charge >= 0.3 is 0 Å². The van der Waals surface area contributed by atoms with Gasteiger partial charge in [-0.1, -0.05) is 49.8 Å². The van der Waals surface area contributed by atoms with Gasteiger partial charge in [-0.15, -0.1) is 0 Å². The van der Waals surface area contributed by atoms with Crippen LogP contribution in [0.5, 0.6) is 0 Å². The number of amides is 1. The molecular formula is C28H39N3O3. The molecule has 4 rings (SSSR count). The fraction of sp³-hybridized carbons (Fsp3) is 0.571. The average molecular weight is 466 g/mol. The molecule has 4 aliphatic rings. The van der Waals surface area contributed by atoms with Gasteiger partial charge < -0.3 is 14.4 Å². The van der Waals surface area contributed by atoms with Gasteiger partial charge in [0.25, 0.3) is 0 Å². The van der Waals surface area contributed by atoms with Crippen LogP contribution in [0.15, 0.2) is 64.1 Å². The fourth-order valence-corrected chi connectivity index (χ4v) is 5.44. The minimum absolute atomic E-state index is 0.0436. The SMILES string of the molecule is COC1=CCC(N2CCN(C(C)=O)C(C3=CCC(OC)C=C3)C2)C(C2=CC=C(C(C)C)CC2)=N1. The van der Waals surface area contributed by atoms with Crippen LogP contribution in [0.1, 0.15) is 46.5 Å². The predicted molar refractivity (Wildman–Crippen MR) is 137 cm³/mol. The number of hydrogen-bond donors (Lipinski definition) is 0. The Bertz CT molecular complexity index is 969. The second-order valence-electron chi connectivity index (χ2n) is 9.88. The maximum Gasteiger partial charge on any atom is 0.220 e. The maximum atomic E-state index is 12.5. The van der Waals surface area contributed by atoms with E-state index in [4.69, 9.17) is 14.5 Å². The molecule has 0 spiro atoms. The van der Waals surface area contributed by atoms with E-state index >= 15 is 0 Å². The highest BCUT2D eigenvalue weighted by atomic mass is 16.5. The number of nitrogens with zero attached hydrogens (tertiary/aromatic N) is 3. The van der Waals surface area contributed by atoms with E-state index in [1.165, 1.54) is 16.7 Å². The van der Waals surface area contributed by atoms with Gasteiger partial charge in [0, 0.05) is 33.7 Å². The first-order valence-electron chi connectivity index (χ1n) is 12.6. The van der Waals surface area contributed by atoms with Crippen molar-refractivity contribution in [3.05, 3.63) is 59.1 Å². The zero-order valence-corrected chi connectivity index (χ0v) is 21.3. The van der Waals surface area contributed by atoms with E-state index < -0.39 is 0 Å². The summed E-state index contributed by atoms with van der Waals surface area (Å²) in [6.07, 6.45) is 17.1. The minimum atomic E-state index is 0.0436. The van der Waals surface area contributed by atoms with Crippen molar-refractivity contribution in [2.75, 3.05) is 33.9 Å². The summed E-state index contributed by atoms with van der Waals surface area (Å²) in [4.78, 5) is 22.0. The third-order valence-electron chi connectivity index (χ3n) is 7.56. The topological polar surface area (TPSA) is 54.4 Å². The summed E-state index contributed by atoms with van der Waals surface area (Å²) in [7, 11) is 3.43. The van der Waals surface area contributed by atoms with Crippen LogP contribution in [0.3, 0.4) is 0 Å². The second-order valence-corrected chi connectivity index (χ2v) is 9.88. The summed E-state index contributed by atoms with van der Waals surface area (Å²) in [5.74, 6) is 1.41. The van der Waals surface area contributed by atoms with Crippen LogP contribution in [0.25, 0.3) is 0 Å². The van der Waals surface area contributed by atoms with Crippen LogP contribution in [0.2, 0.25) is 0 Å². The van der Waals surface area contributed by atoms with Crippen molar-refractivity contribution in [1.29, 1.82) is 0 Å². The van der Waals surface area contributed by atoms with Crippen LogP contribution in [-0.4, -0.2) is 73.5 Å². The molecule has 2 aliphatic carbocycles. The Morgan fingerprint density at radius 3 is 2.50 bits per heavy atom. The third-order valence-corrected chi connectivity index (χ3v) is 7.56. The van der Waals surface area contributed by atoms with E-state index in [0.29, 0.717) is 11.8 Å². The number of methoxy groups -OCH3 is 2. The Morgan fingerprint density at radius 2 is 1.91 bits per heavy atom. The van der Waals surface area contributed by atoms with Gasteiger partial charge in [0.2, 0.25) is 11.8 Å². The quantitative estimate of drug-likeness (QED) is 0.583. The molecule has 0 aromatic rings. The molecule has 2 heterocycles. The number of rotatable bonds is 6. The zero-order chi connectivity index (χ0) is 24.2. The van der Waals surface area contributed by atoms with Crippen molar-refractivity contribution >= 4 is 11.6 Å². The molecule has 1 amide bonds. The first-order valence-corrected chi connectivity index (χ1v) is 12.6. The van der Waals surface area contributed by atoms with Gasteiger partial charge in [-0.3, -0.25) is 9.69 Å². The molecule has 34 heavy (non-hydrogen) atoms. The van der Waals surface area contributed by atoms with Gasteiger partial charge in [0.15, 0.2) is 0 Å². The van der Waals surface area contributed by atoms with Crippen molar-refractivity contribution in [2.45, 2.75) is 64.6 Å². The molecule has 3 unspecified atom stereocenters. The first kappa shape index (κ1) is 24.7. The van der Waals surface area contributed by atoms with E-state index in [2.05, 4.69) is 55.2 Å². The molecule has 1 fully saturated rings. The number of carbonyl (C=O) groups is 1. The number of hydrogen-bond acceptors (Lipinski definition) is 5. The first-order chi connectivity index (χ1) is 16.4. The third kappa shape index (κ3) is 5.28. The molecule has 1 saturated heterocycles. The number of ether oxygens (including phenoxy) is 2. The van der Waals surface area contributed by atoms with Crippen LogP contribution in [0, 0.1) is 5.92 Å². The Morgan fingerprint density at radius 1 is 1.09 bits per heavy atom. The van der Waals surface area contributed by atoms with Gasteiger partial charge in [0.05, 0.1) is 31.0 Å². The van der Waals surface area contributed by atoms with Gasteiger partial charge in [-0.05, 0) is 48.8 Å². The van der Waals surface area contributed by atoms with Crippen molar-refractivity contribution in [3.8, 4) is 0 Å². The molecule has 0 aromatic carbocycles. The number of allylic oxidation sites excluding steroid dienone is 3. The summed E-state index contributed by atoms with van der Waals surface area (Å²) >= 11 is 0. The standard InChI is InChI=1S/C28H39N3O3/c1-19(2)21-6-8-23(9-7-21)28-25(14-15-27(29-28)34-5)30-16-17-31(20(3)32)26(18-30)22-10-12-24(33-4)13-11-22/h6,8,10-12,15,19,24-26H,7,9,13-14,16-18H2,1-5H3. The normalized spacial score (nSPS) is 28.1. The second kappa shape index (κ2) is 10.9. The Labute approximate surface area is 204 Å². The van der Waals surface area contributed by atoms with Crippen LogP contribution < -0.4 is 0 Å². The molecule has 184 valence electrons. The fourth-order valence-electron chi connectivity index (χ4n) is 5.44. The summed E-state index contributed by atoms with van der Waals surface area (Å²) in [5.41, 5.74) is 5.14. The molecule has 0 saturated carbocycles. The summed E-state index contributed by atoms with van der Waals surface area (Å²) in [6.45, 7) is 8.56.